The Morgan fingerprint density at radius 1 is 0.375 bits per heavy atom. The highest BCUT2D eigenvalue weighted by Gasteiger charge is 2.24. The van der Waals surface area contributed by atoms with Crippen molar-refractivity contribution in [2.24, 2.45) is 0 Å². The van der Waals surface area contributed by atoms with E-state index in [0.29, 0.717) is 0 Å². The van der Waals surface area contributed by atoms with Crippen molar-refractivity contribution in [1.82, 2.24) is 0 Å². The van der Waals surface area contributed by atoms with Gasteiger partial charge in [-0.2, -0.15) is 0 Å². The molecule has 3 aromatic heterocycles. The molecule has 56 heavy (non-hydrogen) atoms. The Kier molecular flexibility index (Phi) is 7.00. The molecule has 0 N–H and O–H groups in total. The molecular formula is C52H31NOS2. The number of thiophene rings is 2. The van der Waals surface area contributed by atoms with Gasteiger partial charge in [-0.05, 0) is 99.8 Å². The average molecular weight is 750 g/mol. The van der Waals surface area contributed by atoms with E-state index >= 15 is 0 Å². The molecule has 0 unspecified atom stereocenters. The lowest BCUT2D eigenvalue weighted by Gasteiger charge is -2.27. The fraction of sp³-hybridized carbons (Fsp3) is 0. The van der Waals surface area contributed by atoms with E-state index in [2.05, 4.69) is 193 Å². The molecule has 0 radical (unpaired) electrons. The molecule has 0 saturated carbocycles. The third-order valence-electron chi connectivity index (χ3n) is 11.3. The summed E-state index contributed by atoms with van der Waals surface area (Å²) in [7, 11) is 0. The molecule has 4 heteroatoms. The van der Waals surface area contributed by atoms with E-state index in [1.165, 1.54) is 79.1 Å². The van der Waals surface area contributed by atoms with E-state index in [1.807, 2.05) is 22.7 Å². The second kappa shape index (κ2) is 12.4. The minimum Gasteiger partial charge on any atom is -0.455 e. The quantitative estimate of drug-likeness (QED) is 0.174. The highest BCUT2D eigenvalue weighted by Crippen LogP contribution is 2.50. The molecule has 9 aromatic carbocycles. The van der Waals surface area contributed by atoms with Crippen LogP contribution in [0, 0.1) is 0 Å². The predicted octanol–water partition coefficient (Wildman–Crippen LogP) is 16.3. The minimum absolute atomic E-state index is 0.916. The number of rotatable bonds is 5. The summed E-state index contributed by atoms with van der Waals surface area (Å²) in [5.74, 6) is 0. The van der Waals surface area contributed by atoms with Crippen LogP contribution < -0.4 is 4.90 Å². The lowest BCUT2D eigenvalue weighted by Crippen LogP contribution is -2.10. The zero-order chi connectivity index (χ0) is 36.7. The first-order chi connectivity index (χ1) is 27.7. The van der Waals surface area contributed by atoms with Gasteiger partial charge in [-0.3, -0.25) is 0 Å². The summed E-state index contributed by atoms with van der Waals surface area (Å²) < 4.78 is 11.7. The van der Waals surface area contributed by atoms with Crippen LogP contribution in [0.3, 0.4) is 0 Å². The topological polar surface area (TPSA) is 16.4 Å². The van der Waals surface area contributed by atoms with Gasteiger partial charge in [0.15, 0.2) is 0 Å². The van der Waals surface area contributed by atoms with Gasteiger partial charge in [0.05, 0.1) is 16.1 Å². The summed E-state index contributed by atoms with van der Waals surface area (Å²) in [6.07, 6.45) is 0. The summed E-state index contributed by atoms with van der Waals surface area (Å²) in [4.78, 5) is 2.48. The van der Waals surface area contributed by atoms with E-state index in [1.54, 1.807) is 0 Å². The first kappa shape index (κ1) is 31.6. The summed E-state index contributed by atoms with van der Waals surface area (Å²) in [6.45, 7) is 0. The number of benzene rings is 9. The summed E-state index contributed by atoms with van der Waals surface area (Å²) in [5.41, 5.74) is 10.1. The van der Waals surface area contributed by atoms with Crippen molar-refractivity contribution in [2.45, 2.75) is 0 Å². The number of anilines is 3. The van der Waals surface area contributed by atoms with Gasteiger partial charge in [-0.15, -0.1) is 22.7 Å². The molecule has 12 aromatic rings. The smallest absolute Gasteiger partial charge is 0.144 e. The second-order valence-electron chi connectivity index (χ2n) is 14.4. The Hall–Kier alpha value is -6.72. The van der Waals surface area contributed by atoms with Crippen molar-refractivity contribution in [2.75, 3.05) is 4.90 Å². The maximum atomic E-state index is 6.71. The van der Waals surface area contributed by atoms with Crippen LogP contribution in [0.5, 0.6) is 0 Å². The van der Waals surface area contributed by atoms with E-state index in [0.717, 1.165) is 33.3 Å². The normalized spacial score (nSPS) is 11.9. The summed E-state index contributed by atoms with van der Waals surface area (Å²) in [6, 6.07) is 68.4. The number of para-hydroxylation sites is 1. The lowest BCUT2D eigenvalue weighted by molar-refractivity contribution is 0.673. The molecular weight excluding hydrogens is 719 g/mol. The van der Waals surface area contributed by atoms with Crippen LogP contribution in [-0.2, 0) is 0 Å². The molecule has 0 aliphatic carbocycles. The fourth-order valence-corrected chi connectivity index (χ4v) is 10.9. The Bertz CT molecular complexity index is 3480. The highest BCUT2D eigenvalue weighted by atomic mass is 32.1. The molecule has 2 nitrogen and oxygen atoms in total. The van der Waals surface area contributed by atoms with Gasteiger partial charge in [0.25, 0.3) is 0 Å². The number of furan rings is 1. The van der Waals surface area contributed by atoms with Gasteiger partial charge in [-0.1, -0.05) is 121 Å². The van der Waals surface area contributed by atoms with Gasteiger partial charge >= 0.3 is 0 Å². The maximum absolute atomic E-state index is 6.71. The van der Waals surface area contributed by atoms with E-state index in [9.17, 15) is 0 Å². The van der Waals surface area contributed by atoms with Crippen LogP contribution in [0.1, 0.15) is 0 Å². The number of hydrogen-bond acceptors (Lipinski definition) is 4. The zero-order valence-corrected chi connectivity index (χ0v) is 31.7. The largest absolute Gasteiger partial charge is 0.455 e. The van der Waals surface area contributed by atoms with Gasteiger partial charge < -0.3 is 9.32 Å². The van der Waals surface area contributed by atoms with E-state index in [4.69, 9.17) is 4.42 Å². The molecule has 0 fully saturated rings. The number of nitrogens with zero attached hydrogens (tertiary/aromatic N) is 1. The maximum Gasteiger partial charge on any atom is 0.144 e. The van der Waals surface area contributed by atoms with Crippen LogP contribution in [0.25, 0.3) is 95.3 Å². The van der Waals surface area contributed by atoms with Gasteiger partial charge in [0.2, 0.25) is 0 Å². The van der Waals surface area contributed by atoms with Crippen LogP contribution in [0.4, 0.5) is 17.1 Å². The standard InChI is InChI=1S/C52H31NOS2/c1-2-10-32(11-3-1)35-22-20-34-21-23-36(31-37(34)30-35)33-24-26-38(27-25-33)53(44-16-8-14-42-40-13-5-7-18-46(40)56-52(42)44)43-15-9-19-47-49(43)50-48(55-47)29-28-41-39-12-4-6-17-45(39)54-51(41)50/h1-31H. The first-order valence-electron chi connectivity index (χ1n) is 18.9. The highest BCUT2D eigenvalue weighted by molar-refractivity contribution is 7.26. The van der Waals surface area contributed by atoms with Crippen LogP contribution in [-0.4, -0.2) is 0 Å². The van der Waals surface area contributed by atoms with E-state index < -0.39 is 0 Å². The van der Waals surface area contributed by atoms with Gasteiger partial charge in [-0.25, -0.2) is 0 Å². The minimum atomic E-state index is 0.916. The lowest BCUT2D eigenvalue weighted by atomic mass is 9.97. The fourth-order valence-electron chi connectivity index (χ4n) is 8.61. The van der Waals surface area contributed by atoms with Crippen LogP contribution >= 0.6 is 22.7 Å². The SMILES string of the molecule is c1ccc(-c2ccc3ccc(-c4ccc(N(c5cccc6c5sc5ccccc56)c5cccc6sc7ccc8c9ccccc9oc8c7c56)cc4)cc3c2)cc1. The summed E-state index contributed by atoms with van der Waals surface area (Å²) in [5, 5.41) is 9.72. The molecule has 0 aliphatic heterocycles. The molecule has 0 atom stereocenters. The average Bonchev–Trinajstić information content (AvgIpc) is 3.96. The third kappa shape index (κ3) is 4.86. The molecule has 3 heterocycles. The summed E-state index contributed by atoms with van der Waals surface area (Å²) >= 11 is 3.70. The zero-order valence-electron chi connectivity index (χ0n) is 30.1. The Balaban J connectivity index is 1.07. The Labute approximate surface area is 330 Å². The van der Waals surface area contributed by atoms with Crippen molar-refractivity contribution in [3.63, 3.8) is 0 Å². The molecule has 0 aliphatic rings. The van der Waals surface area contributed by atoms with Crippen LogP contribution in [0.2, 0.25) is 0 Å². The van der Waals surface area contributed by atoms with E-state index in [-0.39, 0.29) is 0 Å². The van der Waals surface area contributed by atoms with Crippen molar-refractivity contribution >= 4 is 113 Å². The number of fused-ring (bicyclic) bond motifs is 11. The number of hydrogen-bond donors (Lipinski definition) is 0. The monoisotopic (exact) mass is 749 g/mol. The molecule has 262 valence electrons. The Morgan fingerprint density at radius 3 is 1.86 bits per heavy atom. The molecule has 0 spiro atoms. The Morgan fingerprint density at radius 2 is 1.02 bits per heavy atom. The predicted molar refractivity (Wildman–Crippen MR) is 243 cm³/mol. The molecule has 0 amide bonds. The third-order valence-corrected chi connectivity index (χ3v) is 13.6. The molecule has 12 rings (SSSR count). The van der Waals surface area contributed by atoms with Crippen LogP contribution in [0.15, 0.2) is 192 Å². The van der Waals surface area contributed by atoms with Crippen molar-refractivity contribution in [3.05, 3.63) is 188 Å². The van der Waals surface area contributed by atoms with Crippen molar-refractivity contribution in [3.8, 4) is 22.3 Å². The van der Waals surface area contributed by atoms with Gasteiger partial charge in [0, 0.05) is 52.1 Å². The second-order valence-corrected chi connectivity index (χ2v) is 16.6. The van der Waals surface area contributed by atoms with Crippen molar-refractivity contribution in [1.29, 1.82) is 0 Å². The molecule has 0 saturated heterocycles. The molecule has 0 bridgehead atoms. The first-order valence-corrected chi connectivity index (χ1v) is 20.5. The van der Waals surface area contributed by atoms with Crippen molar-refractivity contribution < 1.29 is 4.42 Å². The van der Waals surface area contributed by atoms with Gasteiger partial charge in [0.1, 0.15) is 11.2 Å².